The fourth-order valence-corrected chi connectivity index (χ4v) is 1.26. The summed E-state index contributed by atoms with van der Waals surface area (Å²) in [5.41, 5.74) is 2.13. The minimum Gasteiger partial charge on any atom is -0.312 e. The summed E-state index contributed by atoms with van der Waals surface area (Å²) in [4.78, 5) is 21.4. The summed E-state index contributed by atoms with van der Waals surface area (Å²) in [6.45, 7) is 1.89. The smallest absolute Gasteiger partial charge is 0.312 e. The van der Waals surface area contributed by atoms with Crippen molar-refractivity contribution in [2.75, 3.05) is 0 Å². The first-order chi connectivity index (χ1) is 6.77. The maximum absolute atomic E-state index is 11.0. The molecule has 0 unspecified atom stereocenters. The minimum atomic E-state index is -0.338. The van der Waals surface area contributed by atoms with Crippen molar-refractivity contribution in [2.45, 2.75) is 6.92 Å². The van der Waals surface area contributed by atoms with E-state index in [-0.39, 0.29) is 5.69 Å². The van der Waals surface area contributed by atoms with E-state index in [4.69, 9.17) is 0 Å². The van der Waals surface area contributed by atoms with E-state index in [0.717, 1.165) is 11.1 Å². The number of aromatic amines is 1. The number of nitrogens with zero attached hydrogens (tertiary/aromatic N) is 2. The van der Waals surface area contributed by atoms with Gasteiger partial charge >= 0.3 is 5.69 Å². The molecule has 0 radical (unpaired) electrons. The first-order valence-electron chi connectivity index (χ1n) is 4.24. The van der Waals surface area contributed by atoms with Gasteiger partial charge in [-0.05, 0) is 24.6 Å². The summed E-state index contributed by atoms with van der Waals surface area (Å²) < 4.78 is 0. The first kappa shape index (κ1) is 8.62. The van der Waals surface area contributed by atoms with Gasteiger partial charge in [0.2, 0.25) is 0 Å². The summed E-state index contributed by atoms with van der Waals surface area (Å²) in [5, 5.41) is 0. The van der Waals surface area contributed by atoms with Crippen molar-refractivity contribution in [3.05, 3.63) is 46.8 Å². The summed E-state index contributed by atoms with van der Waals surface area (Å²) in [7, 11) is 0. The Bertz CT molecular complexity index is 490. The maximum atomic E-state index is 11.0. The number of hydrogen-bond donors (Lipinski definition) is 1. The average molecular weight is 187 g/mol. The lowest BCUT2D eigenvalue weighted by molar-refractivity contribution is 1.05. The molecule has 4 nitrogen and oxygen atoms in total. The van der Waals surface area contributed by atoms with Gasteiger partial charge in [-0.2, -0.15) is 4.98 Å². The Labute approximate surface area is 80.7 Å². The first-order valence-corrected chi connectivity index (χ1v) is 4.24. The fourth-order valence-electron chi connectivity index (χ4n) is 1.26. The molecule has 0 atom stereocenters. The molecule has 0 bridgehead atoms. The molecule has 2 heterocycles. The van der Waals surface area contributed by atoms with Crippen LogP contribution in [0.25, 0.3) is 11.3 Å². The van der Waals surface area contributed by atoms with Gasteiger partial charge in [0.25, 0.3) is 0 Å². The third-order valence-corrected chi connectivity index (χ3v) is 1.93. The Kier molecular flexibility index (Phi) is 2.10. The predicted molar refractivity (Wildman–Crippen MR) is 52.8 cm³/mol. The second-order valence-corrected chi connectivity index (χ2v) is 2.98. The quantitative estimate of drug-likeness (QED) is 0.728. The molecular formula is C10H9N3O. The van der Waals surface area contributed by atoms with Crippen molar-refractivity contribution < 1.29 is 0 Å². The van der Waals surface area contributed by atoms with Crippen LogP contribution >= 0.6 is 0 Å². The van der Waals surface area contributed by atoms with Crippen LogP contribution in [-0.4, -0.2) is 15.0 Å². The SMILES string of the molecule is Cc1c[nH]c(=O)nc1-c1cccnc1. The molecule has 2 aromatic heterocycles. The van der Waals surface area contributed by atoms with Gasteiger partial charge in [0.05, 0.1) is 5.69 Å². The molecule has 0 saturated carbocycles. The average Bonchev–Trinajstić information content (AvgIpc) is 2.23. The van der Waals surface area contributed by atoms with E-state index in [1.807, 2.05) is 19.1 Å². The highest BCUT2D eigenvalue weighted by Crippen LogP contribution is 2.16. The molecule has 0 aliphatic carbocycles. The zero-order valence-corrected chi connectivity index (χ0v) is 7.69. The number of rotatable bonds is 1. The van der Waals surface area contributed by atoms with Gasteiger partial charge in [0.15, 0.2) is 0 Å². The standard InChI is InChI=1S/C10H9N3O/c1-7-5-12-10(14)13-9(7)8-3-2-4-11-6-8/h2-6H,1H3,(H,12,13,14). The minimum absolute atomic E-state index is 0.338. The molecular weight excluding hydrogens is 178 g/mol. The van der Waals surface area contributed by atoms with Crippen molar-refractivity contribution in [1.29, 1.82) is 0 Å². The zero-order chi connectivity index (χ0) is 9.97. The molecule has 0 amide bonds. The molecule has 0 saturated heterocycles. The Morgan fingerprint density at radius 1 is 1.43 bits per heavy atom. The molecule has 0 aromatic carbocycles. The molecule has 0 aliphatic heterocycles. The van der Waals surface area contributed by atoms with E-state index in [1.54, 1.807) is 18.6 Å². The number of hydrogen-bond acceptors (Lipinski definition) is 3. The monoisotopic (exact) mass is 187 g/mol. The van der Waals surface area contributed by atoms with Crippen molar-refractivity contribution in [3.63, 3.8) is 0 Å². The van der Waals surface area contributed by atoms with E-state index >= 15 is 0 Å². The van der Waals surface area contributed by atoms with Crippen LogP contribution < -0.4 is 5.69 Å². The molecule has 2 aromatic rings. The molecule has 2 rings (SSSR count). The second kappa shape index (κ2) is 3.41. The van der Waals surface area contributed by atoms with Crippen molar-refractivity contribution in [2.24, 2.45) is 0 Å². The summed E-state index contributed by atoms with van der Waals surface area (Å²) in [6.07, 6.45) is 5.03. The van der Waals surface area contributed by atoms with Crippen molar-refractivity contribution >= 4 is 0 Å². The van der Waals surface area contributed by atoms with Crippen LogP contribution in [0.5, 0.6) is 0 Å². The van der Waals surface area contributed by atoms with E-state index in [2.05, 4.69) is 15.0 Å². The third kappa shape index (κ3) is 1.54. The van der Waals surface area contributed by atoms with Gasteiger partial charge in [-0.3, -0.25) is 4.98 Å². The van der Waals surface area contributed by atoms with Gasteiger partial charge < -0.3 is 4.98 Å². The number of aromatic nitrogens is 3. The number of nitrogens with one attached hydrogen (secondary N) is 1. The van der Waals surface area contributed by atoms with Crippen LogP contribution in [0.3, 0.4) is 0 Å². The molecule has 0 fully saturated rings. The van der Waals surface area contributed by atoms with Crippen LogP contribution in [0.2, 0.25) is 0 Å². The topological polar surface area (TPSA) is 58.6 Å². The summed E-state index contributed by atoms with van der Waals surface area (Å²) in [6, 6.07) is 3.69. The molecule has 0 spiro atoms. The zero-order valence-electron chi connectivity index (χ0n) is 7.69. The van der Waals surface area contributed by atoms with E-state index in [0.29, 0.717) is 5.69 Å². The van der Waals surface area contributed by atoms with Crippen molar-refractivity contribution in [1.82, 2.24) is 15.0 Å². The van der Waals surface area contributed by atoms with Crippen LogP contribution in [-0.2, 0) is 0 Å². The Morgan fingerprint density at radius 2 is 2.29 bits per heavy atom. The predicted octanol–water partition coefficient (Wildman–Crippen LogP) is 1.14. The van der Waals surface area contributed by atoms with Gasteiger partial charge in [0.1, 0.15) is 0 Å². The van der Waals surface area contributed by atoms with Crippen molar-refractivity contribution in [3.8, 4) is 11.3 Å². The van der Waals surface area contributed by atoms with Gasteiger partial charge in [0, 0.05) is 24.2 Å². The van der Waals surface area contributed by atoms with E-state index < -0.39 is 0 Å². The molecule has 0 aliphatic rings. The Morgan fingerprint density at radius 3 is 3.00 bits per heavy atom. The Balaban J connectivity index is 2.62. The maximum Gasteiger partial charge on any atom is 0.345 e. The largest absolute Gasteiger partial charge is 0.345 e. The van der Waals surface area contributed by atoms with Gasteiger partial charge in [-0.15, -0.1) is 0 Å². The fraction of sp³-hybridized carbons (Fsp3) is 0.100. The summed E-state index contributed by atoms with van der Waals surface area (Å²) in [5.74, 6) is 0. The van der Waals surface area contributed by atoms with Crippen LogP contribution in [0.15, 0.2) is 35.5 Å². The third-order valence-electron chi connectivity index (χ3n) is 1.93. The van der Waals surface area contributed by atoms with Crippen LogP contribution in [0.4, 0.5) is 0 Å². The lowest BCUT2D eigenvalue weighted by Crippen LogP contribution is -2.11. The lowest BCUT2D eigenvalue weighted by Gasteiger charge is -2.01. The van der Waals surface area contributed by atoms with Crippen LogP contribution in [0, 0.1) is 6.92 Å². The van der Waals surface area contributed by atoms with Crippen LogP contribution in [0.1, 0.15) is 5.56 Å². The highest BCUT2D eigenvalue weighted by molar-refractivity contribution is 5.60. The summed E-state index contributed by atoms with van der Waals surface area (Å²) >= 11 is 0. The van der Waals surface area contributed by atoms with Gasteiger partial charge in [-0.1, -0.05) is 0 Å². The van der Waals surface area contributed by atoms with E-state index in [9.17, 15) is 4.79 Å². The number of H-pyrrole nitrogens is 1. The highest BCUT2D eigenvalue weighted by atomic mass is 16.1. The number of aryl methyl sites for hydroxylation is 1. The van der Waals surface area contributed by atoms with Gasteiger partial charge in [-0.25, -0.2) is 4.79 Å². The normalized spacial score (nSPS) is 10.1. The highest BCUT2D eigenvalue weighted by Gasteiger charge is 2.03. The molecule has 1 N–H and O–H groups in total. The Hall–Kier alpha value is -1.97. The molecule has 4 heteroatoms. The molecule has 70 valence electrons. The molecule has 14 heavy (non-hydrogen) atoms. The number of pyridine rings is 1. The second-order valence-electron chi connectivity index (χ2n) is 2.98. The van der Waals surface area contributed by atoms with E-state index in [1.165, 1.54) is 0 Å². The lowest BCUT2D eigenvalue weighted by atomic mass is 10.1.